The van der Waals surface area contributed by atoms with Crippen LogP contribution < -0.4 is 10.6 Å². The summed E-state index contributed by atoms with van der Waals surface area (Å²) in [4.78, 5) is 9.93. The standard InChI is InChI=1S/C16H28F3N5S.HI/c1-6-11(7-2)12(24(4)5)8-21-15(20-3)22-9-14-23-13(10-25-14)16(17,18)19;/h10-12H,6-9H2,1-5H3,(H2,20,21,22);1H. The van der Waals surface area contributed by atoms with E-state index >= 15 is 0 Å². The van der Waals surface area contributed by atoms with Crippen molar-refractivity contribution in [2.75, 3.05) is 27.7 Å². The smallest absolute Gasteiger partial charge is 0.355 e. The van der Waals surface area contributed by atoms with Gasteiger partial charge in [-0.2, -0.15) is 13.2 Å². The molecule has 2 N–H and O–H groups in total. The summed E-state index contributed by atoms with van der Waals surface area (Å²) in [6, 6.07) is 0.352. The molecule has 0 aliphatic heterocycles. The van der Waals surface area contributed by atoms with E-state index in [0.717, 1.165) is 29.6 Å². The number of aliphatic imine (C=N–C) groups is 1. The molecular formula is C16H29F3IN5S. The fourth-order valence-electron chi connectivity index (χ4n) is 2.71. The summed E-state index contributed by atoms with van der Waals surface area (Å²) >= 11 is 0.986. The van der Waals surface area contributed by atoms with Gasteiger partial charge in [0.15, 0.2) is 11.7 Å². The Morgan fingerprint density at radius 2 is 1.88 bits per heavy atom. The predicted octanol–water partition coefficient (Wildman–Crippen LogP) is 3.81. The van der Waals surface area contributed by atoms with Gasteiger partial charge in [-0.25, -0.2) is 4.98 Å². The molecule has 0 radical (unpaired) electrons. The predicted molar refractivity (Wildman–Crippen MR) is 112 cm³/mol. The monoisotopic (exact) mass is 507 g/mol. The van der Waals surface area contributed by atoms with Crippen LogP contribution in [-0.4, -0.2) is 49.6 Å². The van der Waals surface area contributed by atoms with Gasteiger partial charge < -0.3 is 15.5 Å². The average Bonchev–Trinajstić information content (AvgIpc) is 3.03. The van der Waals surface area contributed by atoms with E-state index in [4.69, 9.17) is 0 Å². The van der Waals surface area contributed by atoms with Crippen molar-refractivity contribution < 1.29 is 13.2 Å². The highest BCUT2D eigenvalue weighted by molar-refractivity contribution is 14.0. The molecule has 0 saturated heterocycles. The van der Waals surface area contributed by atoms with Crippen molar-refractivity contribution >= 4 is 41.3 Å². The van der Waals surface area contributed by atoms with Gasteiger partial charge in [0, 0.05) is 25.0 Å². The average molecular weight is 507 g/mol. The topological polar surface area (TPSA) is 52.6 Å². The van der Waals surface area contributed by atoms with Gasteiger partial charge in [-0.3, -0.25) is 4.99 Å². The van der Waals surface area contributed by atoms with E-state index in [-0.39, 0.29) is 30.5 Å². The van der Waals surface area contributed by atoms with Crippen LogP contribution in [0.3, 0.4) is 0 Å². The van der Waals surface area contributed by atoms with Crippen LogP contribution in [0.2, 0.25) is 0 Å². The molecule has 1 rings (SSSR count). The third-order valence-electron chi connectivity index (χ3n) is 4.21. The Balaban J connectivity index is 0.00000625. The first-order valence-corrected chi connectivity index (χ1v) is 9.23. The molecule has 0 spiro atoms. The van der Waals surface area contributed by atoms with Gasteiger partial charge in [0.05, 0.1) is 6.54 Å². The minimum Gasteiger partial charge on any atom is -0.355 e. The van der Waals surface area contributed by atoms with Crippen molar-refractivity contribution in [2.45, 2.75) is 45.5 Å². The quantitative estimate of drug-likeness (QED) is 0.319. The number of aromatic nitrogens is 1. The van der Waals surface area contributed by atoms with Crippen LogP contribution in [-0.2, 0) is 12.7 Å². The second-order valence-electron chi connectivity index (χ2n) is 6.04. The van der Waals surface area contributed by atoms with Crippen LogP contribution in [0.25, 0.3) is 0 Å². The van der Waals surface area contributed by atoms with Crippen molar-refractivity contribution in [1.29, 1.82) is 0 Å². The lowest BCUT2D eigenvalue weighted by molar-refractivity contribution is -0.140. The number of guanidine groups is 1. The molecule has 0 aliphatic rings. The molecule has 0 saturated carbocycles. The molecule has 1 unspecified atom stereocenters. The van der Waals surface area contributed by atoms with Gasteiger partial charge >= 0.3 is 6.18 Å². The zero-order valence-corrected chi connectivity index (χ0v) is 19.0. The van der Waals surface area contributed by atoms with Gasteiger partial charge in [-0.05, 0) is 20.0 Å². The molecule has 1 aromatic rings. The molecule has 0 amide bonds. The molecule has 10 heteroatoms. The third-order valence-corrected chi connectivity index (χ3v) is 5.06. The van der Waals surface area contributed by atoms with Gasteiger partial charge in [0.2, 0.25) is 0 Å². The summed E-state index contributed by atoms with van der Waals surface area (Å²) in [5, 5.41) is 7.68. The fourth-order valence-corrected chi connectivity index (χ4v) is 3.45. The molecule has 0 fully saturated rings. The van der Waals surface area contributed by atoms with Gasteiger partial charge in [0.1, 0.15) is 5.01 Å². The molecule has 1 aromatic heterocycles. The second kappa shape index (κ2) is 12.0. The molecule has 26 heavy (non-hydrogen) atoms. The van der Waals surface area contributed by atoms with Crippen LogP contribution in [0.15, 0.2) is 10.4 Å². The first kappa shape index (κ1) is 25.4. The Kier molecular flexibility index (Phi) is 11.7. The van der Waals surface area contributed by atoms with Crippen molar-refractivity contribution in [3.05, 3.63) is 16.1 Å². The number of hydrogen-bond donors (Lipinski definition) is 2. The lowest BCUT2D eigenvalue weighted by Gasteiger charge is -2.32. The number of alkyl halides is 3. The fraction of sp³-hybridized carbons (Fsp3) is 0.750. The Hall–Kier alpha value is -0.620. The van der Waals surface area contributed by atoms with E-state index in [1.54, 1.807) is 7.05 Å². The molecular weight excluding hydrogens is 478 g/mol. The summed E-state index contributed by atoms with van der Waals surface area (Å²) in [5.41, 5.74) is -0.848. The molecule has 0 aliphatic carbocycles. The zero-order valence-electron chi connectivity index (χ0n) is 15.9. The van der Waals surface area contributed by atoms with E-state index in [2.05, 4.69) is 53.5 Å². The first-order valence-electron chi connectivity index (χ1n) is 8.35. The van der Waals surface area contributed by atoms with E-state index < -0.39 is 11.9 Å². The lowest BCUT2D eigenvalue weighted by Crippen LogP contribution is -2.47. The minimum atomic E-state index is -4.40. The number of nitrogens with one attached hydrogen (secondary N) is 2. The highest BCUT2D eigenvalue weighted by Crippen LogP contribution is 2.29. The zero-order chi connectivity index (χ0) is 19.0. The van der Waals surface area contributed by atoms with Crippen LogP contribution in [0, 0.1) is 5.92 Å². The van der Waals surface area contributed by atoms with Crippen LogP contribution in [0.4, 0.5) is 13.2 Å². The summed E-state index contributed by atoms with van der Waals surface area (Å²) in [7, 11) is 5.74. The SMILES string of the molecule is CCC(CC)C(CNC(=NC)NCc1nc(C(F)(F)F)cs1)N(C)C.I. The number of thiazole rings is 1. The third kappa shape index (κ3) is 7.95. The van der Waals surface area contributed by atoms with Crippen LogP contribution in [0.1, 0.15) is 37.4 Å². The molecule has 1 atom stereocenters. The number of rotatable bonds is 8. The molecule has 0 aromatic carbocycles. The van der Waals surface area contributed by atoms with Crippen LogP contribution >= 0.6 is 35.3 Å². The number of likely N-dealkylation sites (N-methyl/N-ethyl adjacent to an activating group) is 1. The Labute approximate surface area is 174 Å². The summed E-state index contributed by atoms with van der Waals surface area (Å²) in [6.45, 7) is 5.28. The van der Waals surface area contributed by atoms with Crippen molar-refractivity contribution in [1.82, 2.24) is 20.5 Å². The lowest BCUT2D eigenvalue weighted by atomic mass is 9.93. The minimum absolute atomic E-state index is 0. The van der Waals surface area contributed by atoms with Crippen molar-refractivity contribution in [2.24, 2.45) is 10.9 Å². The van der Waals surface area contributed by atoms with Gasteiger partial charge in [-0.15, -0.1) is 35.3 Å². The summed E-state index contributed by atoms with van der Waals surface area (Å²) in [6.07, 6.45) is -2.22. The number of hydrogen-bond acceptors (Lipinski definition) is 4. The highest BCUT2D eigenvalue weighted by atomic mass is 127. The normalized spacial score (nSPS) is 13.7. The summed E-state index contributed by atoms with van der Waals surface area (Å²) < 4.78 is 37.7. The Morgan fingerprint density at radius 1 is 1.27 bits per heavy atom. The van der Waals surface area contributed by atoms with Crippen molar-refractivity contribution in [3.8, 4) is 0 Å². The maximum atomic E-state index is 12.6. The Bertz CT molecular complexity index is 544. The van der Waals surface area contributed by atoms with E-state index in [1.807, 2.05) is 0 Å². The Morgan fingerprint density at radius 3 is 2.31 bits per heavy atom. The molecule has 1 heterocycles. The maximum absolute atomic E-state index is 12.6. The number of nitrogens with zero attached hydrogens (tertiary/aromatic N) is 3. The van der Waals surface area contributed by atoms with Gasteiger partial charge in [0.25, 0.3) is 0 Å². The maximum Gasteiger partial charge on any atom is 0.434 e. The number of halogens is 4. The molecule has 152 valence electrons. The van der Waals surface area contributed by atoms with Crippen molar-refractivity contribution in [3.63, 3.8) is 0 Å². The summed E-state index contributed by atoms with van der Waals surface area (Å²) in [5.74, 6) is 1.12. The van der Waals surface area contributed by atoms with Gasteiger partial charge in [-0.1, -0.05) is 26.7 Å². The highest BCUT2D eigenvalue weighted by Gasteiger charge is 2.33. The molecule has 0 bridgehead atoms. The first-order chi connectivity index (χ1) is 11.7. The largest absolute Gasteiger partial charge is 0.434 e. The molecule has 5 nitrogen and oxygen atoms in total. The second-order valence-corrected chi connectivity index (χ2v) is 6.98. The van der Waals surface area contributed by atoms with Crippen LogP contribution in [0.5, 0.6) is 0 Å². The van der Waals surface area contributed by atoms with E-state index in [0.29, 0.717) is 29.5 Å². The van der Waals surface area contributed by atoms with E-state index in [9.17, 15) is 13.2 Å². The van der Waals surface area contributed by atoms with E-state index in [1.165, 1.54) is 0 Å².